The number of aromatic nitrogens is 2. The van der Waals surface area contributed by atoms with Crippen LogP contribution in [0.3, 0.4) is 0 Å². The van der Waals surface area contributed by atoms with Crippen LogP contribution in [0, 0.1) is 0 Å². The van der Waals surface area contributed by atoms with E-state index in [1.807, 2.05) is 72.3 Å². The predicted molar refractivity (Wildman–Crippen MR) is 67.9 cm³/mol. The number of amides is 2. The van der Waals surface area contributed by atoms with Crippen LogP contribution >= 0.6 is 0 Å². The Morgan fingerprint density at radius 3 is 2.28 bits per heavy atom. The number of urea groups is 1. The van der Waals surface area contributed by atoms with E-state index in [2.05, 4.69) is 10.6 Å². The lowest BCUT2D eigenvalue weighted by molar-refractivity contribution is -0.671. The molecule has 0 unspecified atom stereocenters. The van der Waals surface area contributed by atoms with Gasteiger partial charge in [-0.3, -0.25) is 0 Å². The van der Waals surface area contributed by atoms with E-state index in [1.54, 1.807) is 0 Å². The Labute approximate surface area is 106 Å². The SMILES string of the molecule is C[n+]1ccc(NC(=O)Nc2ccc[n+](C)c2)cc1. The number of pyridine rings is 2. The van der Waals surface area contributed by atoms with Crippen LogP contribution in [0.4, 0.5) is 16.2 Å². The Kier molecular flexibility index (Phi) is 3.52. The molecule has 2 aromatic rings. The van der Waals surface area contributed by atoms with Crippen LogP contribution in [-0.2, 0) is 14.1 Å². The predicted octanol–water partition coefficient (Wildman–Crippen LogP) is 0.980. The number of hydrogen-bond acceptors (Lipinski definition) is 1. The second-order valence-corrected chi connectivity index (χ2v) is 4.09. The molecule has 0 radical (unpaired) electrons. The Bertz CT molecular complexity index is 551. The van der Waals surface area contributed by atoms with Gasteiger partial charge >= 0.3 is 6.03 Å². The van der Waals surface area contributed by atoms with Crippen LogP contribution in [0.15, 0.2) is 49.1 Å². The van der Waals surface area contributed by atoms with Crippen molar-refractivity contribution in [1.82, 2.24) is 0 Å². The largest absolute Gasteiger partial charge is 0.323 e. The highest BCUT2D eigenvalue weighted by molar-refractivity contribution is 5.99. The molecule has 0 fully saturated rings. The summed E-state index contributed by atoms with van der Waals surface area (Å²) in [5.41, 5.74) is 1.50. The van der Waals surface area contributed by atoms with E-state index < -0.39 is 0 Å². The zero-order valence-corrected chi connectivity index (χ0v) is 10.4. The van der Waals surface area contributed by atoms with E-state index in [0.717, 1.165) is 11.4 Å². The first-order chi connectivity index (χ1) is 8.63. The van der Waals surface area contributed by atoms with Crippen LogP contribution in [0.25, 0.3) is 0 Å². The minimum Gasteiger partial charge on any atom is -0.307 e. The minimum absolute atomic E-state index is 0.255. The lowest BCUT2D eigenvalue weighted by Crippen LogP contribution is -2.29. The second-order valence-electron chi connectivity index (χ2n) is 4.09. The van der Waals surface area contributed by atoms with Crippen molar-refractivity contribution in [3.8, 4) is 0 Å². The van der Waals surface area contributed by atoms with Gasteiger partial charge in [0.05, 0.1) is 5.69 Å². The first-order valence-corrected chi connectivity index (χ1v) is 5.62. The molecule has 2 aromatic heterocycles. The molecule has 0 aliphatic rings. The van der Waals surface area contributed by atoms with Crippen molar-refractivity contribution in [1.29, 1.82) is 0 Å². The molecule has 92 valence electrons. The van der Waals surface area contributed by atoms with Gasteiger partial charge < -0.3 is 10.6 Å². The fourth-order valence-electron chi connectivity index (χ4n) is 1.54. The molecule has 0 spiro atoms. The maximum Gasteiger partial charge on any atom is 0.323 e. The Morgan fingerprint density at radius 1 is 0.944 bits per heavy atom. The molecular weight excluding hydrogens is 228 g/mol. The van der Waals surface area contributed by atoms with Crippen LogP contribution < -0.4 is 19.8 Å². The van der Waals surface area contributed by atoms with E-state index in [9.17, 15) is 4.79 Å². The van der Waals surface area contributed by atoms with Crippen molar-refractivity contribution >= 4 is 17.4 Å². The molecule has 0 saturated heterocycles. The van der Waals surface area contributed by atoms with E-state index in [1.165, 1.54) is 0 Å². The maximum atomic E-state index is 11.7. The molecule has 2 amide bonds. The molecule has 2 N–H and O–H groups in total. The van der Waals surface area contributed by atoms with Gasteiger partial charge in [0.25, 0.3) is 0 Å². The number of nitrogens with one attached hydrogen (secondary N) is 2. The van der Waals surface area contributed by atoms with Gasteiger partial charge in [-0.25, -0.2) is 13.9 Å². The molecule has 18 heavy (non-hydrogen) atoms. The van der Waals surface area contributed by atoms with Crippen LogP contribution in [0.1, 0.15) is 0 Å². The zero-order chi connectivity index (χ0) is 13.0. The highest BCUT2D eigenvalue weighted by atomic mass is 16.2. The summed E-state index contributed by atoms with van der Waals surface area (Å²) in [5.74, 6) is 0. The Balaban J connectivity index is 1.98. The maximum absolute atomic E-state index is 11.7. The quantitative estimate of drug-likeness (QED) is 0.760. The summed E-state index contributed by atoms with van der Waals surface area (Å²) in [6.45, 7) is 0. The minimum atomic E-state index is -0.255. The first kappa shape index (κ1) is 12.0. The smallest absolute Gasteiger partial charge is 0.307 e. The van der Waals surface area contributed by atoms with E-state index in [-0.39, 0.29) is 6.03 Å². The average Bonchev–Trinajstić information content (AvgIpc) is 2.32. The van der Waals surface area contributed by atoms with Crippen LogP contribution in [0.5, 0.6) is 0 Å². The first-order valence-electron chi connectivity index (χ1n) is 5.62. The van der Waals surface area contributed by atoms with Gasteiger partial charge in [-0.1, -0.05) is 0 Å². The molecular formula is C13H16N4O+2. The normalized spacial score (nSPS) is 9.89. The number of carbonyl (C=O) groups is 1. The number of carbonyl (C=O) groups excluding carboxylic acids is 1. The number of aryl methyl sites for hydroxylation is 2. The van der Waals surface area contributed by atoms with Crippen LogP contribution in [-0.4, -0.2) is 6.03 Å². The molecule has 0 aliphatic heterocycles. The highest BCUT2D eigenvalue weighted by Crippen LogP contribution is 2.05. The topological polar surface area (TPSA) is 48.9 Å². The van der Waals surface area contributed by atoms with Crippen molar-refractivity contribution in [3.05, 3.63) is 49.1 Å². The fraction of sp³-hybridized carbons (Fsp3) is 0.154. The molecule has 0 bridgehead atoms. The number of anilines is 2. The van der Waals surface area contributed by atoms with Crippen molar-refractivity contribution in [2.75, 3.05) is 10.6 Å². The monoisotopic (exact) mass is 244 g/mol. The number of hydrogen-bond donors (Lipinski definition) is 2. The molecule has 5 heteroatoms. The van der Waals surface area contributed by atoms with Crippen molar-refractivity contribution in [2.45, 2.75) is 0 Å². The lowest BCUT2D eigenvalue weighted by Gasteiger charge is -2.05. The van der Waals surface area contributed by atoms with Gasteiger partial charge in [0.15, 0.2) is 24.8 Å². The molecule has 0 atom stereocenters. The van der Waals surface area contributed by atoms with Crippen LogP contribution in [0.2, 0.25) is 0 Å². The van der Waals surface area contributed by atoms with E-state index in [0.29, 0.717) is 0 Å². The van der Waals surface area contributed by atoms with E-state index >= 15 is 0 Å². The second kappa shape index (κ2) is 5.27. The number of rotatable bonds is 2. The third kappa shape index (κ3) is 3.28. The number of nitrogens with zero attached hydrogens (tertiary/aromatic N) is 2. The summed E-state index contributed by atoms with van der Waals surface area (Å²) >= 11 is 0. The Hall–Kier alpha value is -2.43. The van der Waals surface area contributed by atoms with E-state index in [4.69, 9.17) is 0 Å². The molecule has 0 aromatic carbocycles. The lowest BCUT2D eigenvalue weighted by atomic mass is 10.4. The molecule has 0 saturated carbocycles. The summed E-state index contributed by atoms with van der Waals surface area (Å²) in [6.07, 6.45) is 7.49. The summed E-state index contributed by atoms with van der Waals surface area (Å²) in [4.78, 5) is 11.7. The molecule has 5 nitrogen and oxygen atoms in total. The average molecular weight is 244 g/mol. The summed E-state index contributed by atoms with van der Waals surface area (Å²) in [6, 6.07) is 7.13. The summed E-state index contributed by atoms with van der Waals surface area (Å²) < 4.78 is 3.78. The standard InChI is InChI=1S/C13H14N4O/c1-16-8-5-11(6-9-16)14-13(18)15-12-4-3-7-17(2)10-12/h3-10H,1-2H3/p+2. The summed E-state index contributed by atoms with van der Waals surface area (Å²) in [7, 11) is 3.83. The van der Waals surface area contributed by atoms with Gasteiger partial charge in [-0.2, -0.15) is 0 Å². The van der Waals surface area contributed by atoms with Gasteiger partial charge in [0.2, 0.25) is 0 Å². The van der Waals surface area contributed by atoms with Gasteiger partial charge in [0, 0.05) is 18.2 Å². The van der Waals surface area contributed by atoms with Crippen molar-refractivity contribution in [3.63, 3.8) is 0 Å². The van der Waals surface area contributed by atoms with Gasteiger partial charge in [0.1, 0.15) is 19.8 Å². The van der Waals surface area contributed by atoms with Crippen molar-refractivity contribution in [2.24, 2.45) is 14.1 Å². The molecule has 2 heterocycles. The van der Waals surface area contributed by atoms with Gasteiger partial charge in [-0.15, -0.1) is 0 Å². The third-order valence-corrected chi connectivity index (χ3v) is 2.43. The molecule has 2 rings (SSSR count). The van der Waals surface area contributed by atoms with Gasteiger partial charge in [-0.05, 0) is 6.07 Å². The third-order valence-electron chi connectivity index (χ3n) is 2.43. The fourth-order valence-corrected chi connectivity index (χ4v) is 1.54. The summed E-state index contributed by atoms with van der Waals surface area (Å²) in [5, 5.41) is 5.53. The Morgan fingerprint density at radius 2 is 1.61 bits per heavy atom. The highest BCUT2D eigenvalue weighted by Gasteiger charge is 2.05. The zero-order valence-electron chi connectivity index (χ0n) is 10.4. The van der Waals surface area contributed by atoms with Crippen molar-refractivity contribution < 1.29 is 13.9 Å². The molecule has 0 aliphatic carbocycles.